The number of hydrogen-bond acceptors (Lipinski definition) is 6. The van der Waals surface area contributed by atoms with Gasteiger partial charge in [-0.25, -0.2) is 9.97 Å². The van der Waals surface area contributed by atoms with Gasteiger partial charge in [-0.3, -0.25) is 4.90 Å². The second kappa shape index (κ2) is 8.84. The molecule has 0 amide bonds. The molecule has 3 aliphatic heterocycles. The molecule has 0 spiro atoms. The van der Waals surface area contributed by atoms with Crippen molar-refractivity contribution in [2.75, 3.05) is 62.3 Å². The third-order valence-corrected chi connectivity index (χ3v) is 6.70. The van der Waals surface area contributed by atoms with Crippen molar-refractivity contribution in [1.29, 1.82) is 0 Å². The van der Waals surface area contributed by atoms with Crippen LogP contribution in [0.15, 0.2) is 24.3 Å². The van der Waals surface area contributed by atoms with Gasteiger partial charge in [-0.15, -0.1) is 0 Å². The van der Waals surface area contributed by atoms with Crippen molar-refractivity contribution >= 4 is 22.7 Å². The van der Waals surface area contributed by atoms with E-state index < -0.39 is 0 Å². The van der Waals surface area contributed by atoms with Crippen molar-refractivity contribution in [3.63, 3.8) is 0 Å². The normalized spacial score (nSPS) is 24.6. The average Bonchev–Trinajstić information content (AvgIpc) is 3.09. The zero-order valence-corrected chi connectivity index (χ0v) is 17.4. The first-order chi connectivity index (χ1) is 14.4. The molecule has 0 aliphatic carbocycles. The third kappa shape index (κ3) is 4.19. The molecule has 0 N–H and O–H groups in total. The Labute approximate surface area is 173 Å². The summed E-state index contributed by atoms with van der Waals surface area (Å²) in [5.41, 5.74) is 1.98. The highest BCUT2D eigenvalue weighted by molar-refractivity contribution is 5.81. The van der Waals surface area contributed by atoms with Crippen LogP contribution in [0.4, 0.5) is 11.6 Å². The van der Waals surface area contributed by atoms with E-state index in [4.69, 9.17) is 14.7 Å². The molecular formula is C23H33N5O. The lowest BCUT2D eigenvalue weighted by Gasteiger charge is -2.41. The summed E-state index contributed by atoms with van der Waals surface area (Å²) in [6.45, 7) is 8.00. The van der Waals surface area contributed by atoms with Gasteiger partial charge in [-0.05, 0) is 50.9 Å². The number of rotatable bonds is 3. The molecular weight excluding hydrogens is 362 g/mol. The summed E-state index contributed by atoms with van der Waals surface area (Å²) in [5.74, 6) is 2.12. The van der Waals surface area contributed by atoms with Gasteiger partial charge in [0.25, 0.3) is 0 Å². The van der Waals surface area contributed by atoms with Gasteiger partial charge in [0, 0.05) is 32.2 Å². The molecule has 1 aromatic heterocycles. The SMILES string of the molecule is c1ccc2nc(N3CCCC(N4CCCCCC4)C3)c(N3CCOCC3)nc2c1. The molecule has 6 nitrogen and oxygen atoms in total. The van der Waals surface area contributed by atoms with Crippen molar-refractivity contribution in [3.05, 3.63) is 24.3 Å². The quantitative estimate of drug-likeness (QED) is 0.795. The maximum atomic E-state index is 5.59. The Morgan fingerprint density at radius 1 is 0.724 bits per heavy atom. The second-order valence-electron chi connectivity index (χ2n) is 8.65. The van der Waals surface area contributed by atoms with E-state index in [0.29, 0.717) is 6.04 Å². The molecule has 1 atom stereocenters. The van der Waals surface area contributed by atoms with Crippen LogP contribution >= 0.6 is 0 Å². The number of piperidine rings is 1. The molecule has 1 aromatic carbocycles. The lowest BCUT2D eigenvalue weighted by atomic mass is 10.0. The number of para-hydroxylation sites is 2. The van der Waals surface area contributed by atoms with Crippen molar-refractivity contribution in [3.8, 4) is 0 Å². The smallest absolute Gasteiger partial charge is 0.172 e. The highest BCUT2D eigenvalue weighted by atomic mass is 16.5. The fourth-order valence-corrected chi connectivity index (χ4v) is 5.09. The third-order valence-electron chi connectivity index (χ3n) is 6.70. The number of ether oxygens (including phenoxy) is 1. The number of benzene rings is 1. The molecule has 0 radical (unpaired) electrons. The highest BCUT2D eigenvalue weighted by Crippen LogP contribution is 2.32. The molecule has 5 rings (SSSR count). The zero-order chi connectivity index (χ0) is 19.5. The zero-order valence-electron chi connectivity index (χ0n) is 17.4. The van der Waals surface area contributed by atoms with Crippen LogP contribution in [-0.2, 0) is 4.74 Å². The molecule has 3 aliphatic rings. The van der Waals surface area contributed by atoms with Gasteiger partial charge < -0.3 is 14.5 Å². The summed E-state index contributed by atoms with van der Waals surface area (Å²) in [6.07, 6.45) is 8.04. The van der Waals surface area contributed by atoms with Crippen LogP contribution in [-0.4, -0.2) is 73.4 Å². The lowest BCUT2D eigenvalue weighted by molar-refractivity contribution is 0.122. The maximum absolute atomic E-state index is 5.59. The fourth-order valence-electron chi connectivity index (χ4n) is 5.09. The summed E-state index contributed by atoms with van der Waals surface area (Å²) in [4.78, 5) is 17.9. The second-order valence-corrected chi connectivity index (χ2v) is 8.65. The van der Waals surface area contributed by atoms with Crippen LogP contribution in [0.2, 0.25) is 0 Å². The largest absolute Gasteiger partial charge is 0.378 e. The Kier molecular flexibility index (Phi) is 5.81. The Hall–Kier alpha value is -1.92. The predicted molar refractivity (Wildman–Crippen MR) is 118 cm³/mol. The van der Waals surface area contributed by atoms with E-state index in [1.807, 2.05) is 0 Å². The Balaban J connectivity index is 1.45. The predicted octanol–water partition coefficient (Wildman–Crippen LogP) is 3.31. The van der Waals surface area contributed by atoms with Crippen LogP contribution in [0, 0.1) is 0 Å². The van der Waals surface area contributed by atoms with Crippen LogP contribution in [0.3, 0.4) is 0 Å². The molecule has 0 saturated carbocycles. The molecule has 3 fully saturated rings. The number of fused-ring (bicyclic) bond motifs is 1. The molecule has 1 unspecified atom stereocenters. The van der Waals surface area contributed by atoms with Crippen LogP contribution in [0.25, 0.3) is 11.0 Å². The van der Waals surface area contributed by atoms with Crippen LogP contribution < -0.4 is 9.80 Å². The minimum atomic E-state index is 0.646. The van der Waals surface area contributed by atoms with Gasteiger partial charge in [-0.2, -0.15) is 0 Å². The molecule has 6 heteroatoms. The topological polar surface area (TPSA) is 44.7 Å². The maximum Gasteiger partial charge on any atom is 0.172 e. The van der Waals surface area contributed by atoms with Gasteiger partial charge in [-0.1, -0.05) is 25.0 Å². The van der Waals surface area contributed by atoms with E-state index in [9.17, 15) is 0 Å². The van der Waals surface area contributed by atoms with Crippen molar-refractivity contribution in [2.45, 2.75) is 44.6 Å². The lowest BCUT2D eigenvalue weighted by Crippen LogP contribution is -2.49. The first kappa shape index (κ1) is 19.1. The number of aromatic nitrogens is 2. The van der Waals surface area contributed by atoms with Crippen molar-refractivity contribution in [1.82, 2.24) is 14.9 Å². The van der Waals surface area contributed by atoms with Crippen molar-refractivity contribution < 1.29 is 4.74 Å². The minimum Gasteiger partial charge on any atom is -0.378 e. The summed E-state index contributed by atoms with van der Waals surface area (Å²) >= 11 is 0. The van der Waals surface area contributed by atoms with E-state index in [-0.39, 0.29) is 0 Å². The van der Waals surface area contributed by atoms with E-state index in [1.165, 1.54) is 51.6 Å². The fraction of sp³-hybridized carbons (Fsp3) is 0.652. The van der Waals surface area contributed by atoms with E-state index in [0.717, 1.165) is 62.1 Å². The van der Waals surface area contributed by atoms with Gasteiger partial charge in [0.15, 0.2) is 11.6 Å². The molecule has 2 aromatic rings. The number of likely N-dealkylation sites (tertiary alicyclic amines) is 1. The molecule has 3 saturated heterocycles. The van der Waals surface area contributed by atoms with E-state index >= 15 is 0 Å². The first-order valence-electron chi connectivity index (χ1n) is 11.5. The summed E-state index contributed by atoms with van der Waals surface area (Å²) in [5, 5.41) is 0. The summed E-state index contributed by atoms with van der Waals surface area (Å²) in [7, 11) is 0. The monoisotopic (exact) mass is 395 g/mol. The summed E-state index contributed by atoms with van der Waals surface area (Å²) in [6, 6.07) is 8.92. The molecule has 29 heavy (non-hydrogen) atoms. The standard InChI is InChI=1S/C23H33N5O/c1-2-6-12-26(11-5-1)19-8-7-13-28(18-19)23-22(27-14-16-29-17-15-27)24-20-9-3-4-10-21(20)25-23/h3-4,9-10,19H,1-2,5-8,11-18H2. The molecule has 156 valence electrons. The Morgan fingerprint density at radius 2 is 1.38 bits per heavy atom. The van der Waals surface area contributed by atoms with Gasteiger partial charge >= 0.3 is 0 Å². The summed E-state index contributed by atoms with van der Waals surface area (Å²) < 4.78 is 5.59. The van der Waals surface area contributed by atoms with Crippen molar-refractivity contribution in [2.24, 2.45) is 0 Å². The number of anilines is 2. The molecule has 0 bridgehead atoms. The van der Waals surface area contributed by atoms with Crippen LogP contribution in [0.1, 0.15) is 38.5 Å². The van der Waals surface area contributed by atoms with Gasteiger partial charge in [0.05, 0.1) is 24.2 Å². The Bertz CT molecular complexity index is 814. The van der Waals surface area contributed by atoms with Crippen LogP contribution in [0.5, 0.6) is 0 Å². The van der Waals surface area contributed by atoms with E-state index in [1.54, 1.807) is 0 Å². The van der Waals surface area contributed by atoms with Gasteiger partial charge in [0.1, 0.15) is 0 Å². The number of nitrogens with zero attached hydrogens (tertiary/aromatic N) is 5. The van der Waals surface area contributed by atoms with E-state index in [2.05, 4.69) is 39.0 Å². The number of morpholine rings is 1. The molecule has 4 heterocycles. The first-order valence-corrected chi connectivity index (χ1v) is 11.5. The number of hydrogen-bond donors (Lipinski definition) is 0. The van der Waals surface area contributed by atoms with Gasteiger partial charge in [0.2, 0.25) is 0 Å². The Morgan fingerprint density at radius 3 is 2.07 bits per heavy atom. The minimum absolute atomic E-state index is 0.646. The average molecular weight is 396 g/mol. The highest BCUT2D eigenvalue weighted by Gasteiger charge is 2.29.